The molecule has 68 valence electrons. The number of amides is 1. The Hall–Kier alpha value is -1.88. The van der Waals surface area contributed by atoms with E-state index in [0.717, 1.165) is 0 Å². The molecule has 0 radical (unpaired) electrons. The van der Waals surface area contributed by atoms with Gasteiger partial charge in [0.15, 0.2) is 0 Å². The van der Waals surface area contributed by atoms with Crippen molar-refractivity contribution in [2.45, 2.75) is 0 Å². The second kappa shape index (κ2) is 4.22. The number of rotatable bonds is 2. The summed E-state index contributed by atoms with van der Waals surface area (Å²) in [5.41, 5.74) is 2.33. The molecule has 5 heteroatoms. The van der Waals surface area contributed by atoms with Crippen LogP contribution in [0.3, 0.4) is 0 Å². The molecule has 0 aromatic heterocycles. The molecule has 0 saturated carbocycles. The maximum Gasteiger partial charge on any atom is 0.426 e. The van der Waals surface area contributed by atoms with Crippen LogP contribution in [0.15, 0.2) is 24.3 Å². The third-order valence-corrected chi connectivity index (χ3v) is 1.34. The second-order valence-electron chi connectivity index (χ2n) is 2.22. The Morgan fingerprint density at radius 3 is 2.46 bits per heavy atom. The maximum atomic E-state index is 10.6. The van der Waals surface area contributed by atoms with E-state index in [1.165, 1.54) is 24.3 Å². The first-order chi connectivity index (χ1) is 6.26. The highest BCUT2D eigenvalue weighted by Crippen LogP contribution is 2.10. The number of carbonyl (C=O) groups is 2. The van der Waals surface area contributed by atoms with Crippen LogP contribution in [0.2, 0.25) is 0 Å². The second-order valence-corrected chi connectivity index (χ2v) is 2.22. The Morgan fingerprint density at radius 1 is 1.38 bits per heavy atom. The highest BCUT2D eigenvalue weighted by molar-refractivity contribution is 5.75. The van der Waals surface area contributed by atoms with Gasteiger partial charge >= 0.3 is 6.09 Å². The molecule has 1 aromatic carbocycles. The number of benzene rings is 1. The van der Waals surface area contributed by atoms with Gasteiger partial charge in [-0.1, -0.05) is 0 Å². The van der Waals surface area contributed by atoms with E-state index in [0.29, 0.717) is 17.6 Å². The molecule has 0 aliphatic carbocycles. The molecule has 0 aliphatic heterocycles. The number of ether oxygens (including phenoxy) is 1. The molecule has 0 fully saturated rings. The van der Waals surface area contributed by atoms with Crippen molar-refractivity contribution in [3.63, 3.8) is 0 Å². The van der Waals surface area contributed by atoms with Crippen molar-refractivity contribution in [1.82, 2.24) is 5.43 Å². The van der Waals surface area contributed by atoms with E-state index in [9.17, 15) is 9.59 Å². The molecule has 1 rings (SSSR count). The third-order valence-electron chi connectivity index (χ3n) is 1.34. The monoisotopic (exact) mass is 180 g/mol. The first-order valence-corrected chi connectivity index (χ1v) is 3.50. The fourth-order valence-electron chi connectivity index (χ4n) is 0.751. The van der Waals surface area contributed by atoms with Crippen LogP contribution in [0, 0.1) is 0 Å². The zero-order valence-electron chi connectivity index (χ0n) is 6.69. The van der Waals surface area contributed by atoms with Crippen LogP contribution in [-0.4, -0.2) is 12.4 Å². The molecule has 1 aromatic rings. The number of hydrogen-bond donors (Lipinski definition) is 2. The van der Waals surface area contributed by atoms with Gasteiger partial charge in [0.05, 0.1) is 0 Å². The van der Waals surface area contributed by atoms with E-state index in [-0.39, 0.29) is 0 Å². The van der Waals surface area contributed by atoms with Crippen LogP contribution in [-0.2, 0) is 0 Å². The summed E-state index contributed by atoms with van der Waals surface area (Å²) in [4.78, 5) is 20.9. The van der Waals surface area contributed by atoms with Gasteiger partial charge in [-0.15, -0.1) is 0 Å². The highest BCUT2D eigenvalue weighted by Gasteiger charge is 2.00. The van der Waals surface area contributed by atoms with Gasteiger partial charge in [-0.05, 0) is 24.3 Å². The van der Waals surface area contributed by atoms with Gasteiger partial charge in [0, 0.05) is 5.56 Å². The molecule has 0 atom stereocenters. The topological polar surface area (TPSA) is 81.4 Å². The number of nitrogens with two attached hydrogens (primary N) is 1. The first-order valence-electron chi connectivity index (χ1n) is 3.50. The number of carbonyl (C=O) groups excluding carboxylic acids is 2. The molecule has 5 nitrogen and oxygen atoms in total. The van der Waals surface area contributed by atoms with Gasteiger partial charge in [0.2, 0.25) is 0 Å². The Balaban J connectivity index is 2.69. The van der Waals surface area contributed by atoms with Crippen molar-refractivity contribution >= 4 is 12.4 Å². The average Bonchev–Trinajstić information content (AvgIpc) is 2.19. The molecule has 0 heterocycles. The number of hydrogen-bond acceptors (Lipinski definition) is 4. The molecule has 3 N–H and O–H groups in total. The van der Waals surface area contributed by atoms with Crippen LogP contribution in [0.1, 0.15) is 10.4 Å². The van der Waals surface area contributed by atoms with Gasteiger partial charge in [-0.2, -0.15) is 0 Å². The van der Waals surface area contributed by atoms with Gasteiger partial charge in [0.1, 0.15) is 12.0 Å². The zero-order chi connectivity index (χ0) is 9.68. The van der Waals surface area contributed by atoms with Crippen molar-refractivity contribution < 1.29 is 14.3 Å². The molecule has 0 aliphatic rings. The Morgan fingerprint density at radius 2 is 2.00 bits per heavy atom. The lowest BCUT2D eigenvalue weighted by molar-refractivity contribution is 0.112. The van der Waals surface area contributed by atoms with Crippen molar-refractivity contribution in [1.29, 1.82) is 0 Å². The summed E-state index contributed by atoms with van der Waals surface area (Å²) in [6, 6.07) is 6.07. The standard InChI is InChI=1S/C8H8N2O3/c9-10-8(12)13-7-3-1-6(5-11)2-4-7/h1-5H,9H2,(H,10,12). The zero-order valence-corrected chi connectivity index (χ0v) is 6.69. The summed E-state index contributed by atoms with van der Waals surface area (Å²) in [7, 11) is 0. The average molecular weight is 180 g/mol. The molecule has 0 spiro atoms. The van der Waals surface area contributed by atoms with E-state index in [2.05, 4.69) is 4.74 Å². The first kappa shape index (κ1) is 9.21. The van der Waals surface area contributed by atoms with Crippen molar-refractivity contribution in [3.8, 4) is 5.75 Å². The summed E-state index contributed by atoms with van der Waals surface area (Å²) in [5.74, 6) is 5.12. The summed E-state index contributed by atoms with van der Waals surface area (Å²) in [6.07, 6.45) is -0.0499. The van der Waals surface area contributed by atoms with Gasteiger partial charge in [-0.3, -0.25) is 10.2 Å². The summed E-state index contributed by atoms with van der Waals surface area (Å²) in [6.45, 7) is 0. The van der Waals surface area contributed by atoms with Crippen molar-refractivity contribution in [3.05, 3.63) is 29.8 Å². The Labute approximate surface area is 74.5 Å². The van der Waals surface area contributed by atoms with E-state index >= 15 is 0 Å². The molecule has 0 unspecified atom stereocenters. The van der Waals surface area contributed by atoms with Crippen LogP contribution >= 0.6 is 0 Å². The SMILES string of the molecule is NNC(=O)Oc1ccc(C=O)cc1. The minimum Gasteiger partial charge on any atom is -0.409 e. The van der Waals surface area contributed by atoms with E-state index < -0.39 is 6.09 Å². The van der Waals surface area contributed by atoms with Crippen LogP contribution < -0.4 is 16.0 Å². The highest BCUT2D eigenvalue weighted by atomic mass is 16.6. The number of nitrogens with one attached hydrogen (secondary N) is 1. The molecular weight excluding hydrogens is 172 g/mol. The fourth-order valence-corrected chi connectivity index (χ4v) is 0.751. The minimum atomic E-state index is -0.751. The predicted molar refractivity (Wildman–Crippen MR) is 45.2 cm³/mol. The van der Waals surface area contributed by atoms with Crippen molar-refractivity contribution in [2.75, 3.05) is 0 Å². The third kappa shape index (κ3) is 2.57. The lowest BCUT2D eigenvalue weighted by Crippen LogP contribution is -2.32. The minimum absolute atomic E-state index is 0.327. The Bertz CT molecular complexity index is 308. The fraction of sp³-hybridized carbons (Fsp3) is 0. The van der Waals surface area contributed by atoms with Crippen LogP contribution in [0.4, 0.5) is 4.79 Å². The van der Waals surface area contributed by atoms with E-state index in [1.807, 2.05) is 5.43 Å². The van der Waals surface area contributed by atoms with Crippen LogP contribution in [0.25, 0.3) is 0 Å². The van der Waals surface area contributed by atoms with Gasteiger partial charge < -0.3 is 4.74 Å². The molecule has 0 saturated heterocycles. The Kier molecular flexibility index (Phi) is 2.99. The van der Waals surface area contributed by atoms with Crippen molar-refractivity contribution in [2.24, 2.45) is 5.84 Å². The van der Waals surface area contributed by atoms with E-state index in [4.69, 9.17) is 5.84 Å². The molecule has 1 amide bonds. The molecule has 13 heavy (non-hydrogen) atoms. The largest absolute Gasteiger partial charge is 0.426 e. The maximum absolute atomic E-state index is 10.6. The lowest BCUT2D eigenvalue weighted by Gasteiger charge is -2.01. The normalized spacial score (nSPS) is 9.00. The van der Waals surface area contributed by atoms with E-state index in [1.54, 1.807) is 0 Å². The van der Waals surface area contributed by atoms with Gasteiger partial charge in [0.25, 0.3) is 0 Å². The summed E-state index contributed by atoms with van der Waals surface area (Å²) in [5, 5.41) is 0. The van der Waals surface area contributed by atoms with Gasteiger partial charge in [-0.25, -0.2) is 10.6 Å². The summed E-state index contributed by atoms with van der Waals surface area (Å²) < 4.78 is 4.67. The van der Waals surface area contributed by atoms with Crippen LogP contribution in [0.5, 0.6) is 5.75 Å². The number of aldehydes is 1. The molecule has 0 bridgehead atoms. The predicted octanol–water partition coefficient (Wildman–Crippen LogP) is 0.461. The lowest BCUT2D eigenvalue weighted by atomic mass is 10.2. The smallest absolute Gasteiger partial charge is 0.409 e. The summed E-state index contributed by atoms with van der Waals surface area (Å²) >= 11 is 0. The molecular formula is C8H8N2O3. The quantitative estimate of drug-likeness (QED) is 0.300. The number of hydrazine groups is 1.